The molecule has 0 atom stereocenters. The minimum atomic E-state index is -4.66. The maximum Gasteiger partial charge on any atom is 0.427 e. The first kappa shape index (κ1) is 17.4. The molecule has 0 fully saturated rings. The Labute approximate surface area is 123 Å². The number of carbonyl (C=O) groups is 2. The molecule has 0 bridgehead atoms. The smallest absolute Gasteiger partial charge is 0.427 e. The first-order chi connectivity index (χ1) is 9.68. The van der Waals surface area contributed by atoms with Gasteiger partial charge in [-0.05, 0) is 12.8 Å². The van der Waals surface area contributed by atoms with Gasteiger partial charge in [-0.3, -0.25) is 9.59 Å². The van der Waals surface area contributed by atoms with Crippen LogP contribution in [0.15, 0.2) is 5.51 Å². The van der Waals surface area contributed by atoms with Crippen molar-refractivity contribution in [1.29, 1.82) is 0 Å². The number of carboxylic acid groups (broad SMARTS) is 1. The number of carboxylic acids is 1. The monoisotopic (exact) mass is 324 g/mol. The highest BCUT2D eigenvalue weighted by molar-refractivity contribution is 7.10. The van der Waals surface area contributed by atoms with Gasteiger partial charge < -0.3 is 10.4 Å². The number of nitrogens with one attached hydrogen (secondary N) is 1. The predicted molar refractivity (Wildman–Crippen MR) is 70.1 cm³/mol. The fourth-order valence-electron chi connectivity index (χ4n) is 1.82. The molecule has 0 spiro atoms. The van der Waals surface area contributed by atoms with Gasteiger partial charge in [-0.2, -0.15) is 13.2 Å². The second kappa shape index (κ2) is 6.42. The average molecular weight is 324 g/mol. The number of aromatic nitrogens is 1. The van der Waals surface area contributed by atoms with Crippen LogP contribution in [0.3, 0.4) is 0 Å². The zero-order valence-corrected chi connectivity index (χ0v) is 12.3. The van der Waals surface area contributed by atoms with E-state index in [4.69, 9.17) is 0 Å². The second-order valence-corrected chi connectivity index (χ2v) is 5.36. The molecule has 1 rings (SSSR count). The fraction of sp³-hybridized carbons (Fsp3) is 0.583. The van der Waals surface area contributed by atoms with E-state index < -0.39 is 34.0 Å². The molecule has 0 saturated carbocycles. The Hall–Kier alpha value is -1.64. The van der Waals surface area contributed by atoms with Crippen LogP contribution in [0.25, 0.3) is 0 Å². The summed E-state index contributed by atoms with van der Waals surface area (Å²) in [5.41, 5.74) is -0.981. The normalized spacial score (nSPS) is 12.2. The van der Waals surface area contributed by atoms with E-state index in [0.29, 0.717) is 11.3 Å². The van der Waals surface area contributed by atoms with Crippen LogP contribution in [0.4, 0.5) is 13.2 Å². The number of amides is 1. The van der Waals surface area contributed by atoms with E-state index in [0.717, 1.165) is 5.51 Å². The van der Waals surface area contributed by atoms with Gasteiger partial charge in [0.05, 0.1) is 10.9 Å². The highest BCUT2D eigenvalue weighted by Gasteiger charge is 2.39. The number of hydrogen-bond donors (Lipinski definition) is 2. The van der Waals surface area contributed by atoms with Gasteiger partial charge in [-0.1, -0.05) is 13.8 Å². The molecule has 0 saturated heterocycles. The van der Waals surface area contributed by atoms with Gasteiger partial charge in [0.1, 0.15) is 4.88 Å². The number of hydrogen-bond acceptors (Lipinski definition) is 4. The predicted octanol–water partition coefficient (Wildman–Crippen LogP) is 2.78. The molecular formula is C12H15F3N2O3S. The first-order valence-electron chi connectivity index (χ1n) is 6.20. The van der Waals surface area contributed by atoms with Crippen molar-refractivity contribution in [3.8, 4) is 0 Å². The van der Waals surface area contributed by atoms with Crippen LogP contribution in [0.5, 0.6) is 0 Å². The van der Waals surface area contributed by atoms with Gasteiger partial charge >= 0.3 is 12.1 Å². The molecule has 1 amide bonds. The summed E-state index contributed by atoms with van der Waals surface area (Å²) in [6.45, 7) is 3.05. The highest BCUT2D eigenvalue weighted by Crippen LogP contribution is 2.34. The minimum Gasteiger partial charge on any atom is -0.481 e. The van der Waals surface area contributed by atoms with Crippen molar-refractivity contribution in [1.82, 2.24) is 10.3 Å². The third-order valence-corrected chi connectivity index (χ3v) is 4.31. The number of carbonyl (C=O) groups excluding carboxylic acids is 1. The van der Waals surface area contributed by atoms with Crippen LogP contribution in [0.1, 0.15) is 42.1 Å². The zero-order valence-electron chi connectivity index (χ0n) is 11.5. The van der Waals surface area contributed by atoms with E-state index in [-0.39, 0.29) is 19.4 Å². The molecule has 0 aliphatic heterocycles. The topological polar surface area (TPSA) is 79.3 Å². The number of aliphatic carboxylic acids is 1. The largest absolute Gasteiger partial charge is 0.481 e. The van der Waals surface area contributed by atoms with Crippen molar-refractivity contribution in [3.63, 3.8) is 0 Å². The molecule has 118 valence electrons. The van der Waals surface area contributed by atoms with E-state index in [1.165, 1.54) is 0 Å². The van der Waals surface area contributed by atoms with Crippen molar-refractivity contribution in [2.45, 2.75) is 32.9 Å². The Morgan fingerprint density at radius 3 is 2.33 bits per heavy atom. The molecule has 5 nitrogen and oxygen atoms in total. The molecule has 2 N–H and O–H groups in total. The third-order valence-electron chi connectivity index (χ3n) is 3.43. The lowest BCUT2D eigenvalue weighted by molar-refractivity contribution is -0.149. The Morgan fingerprint density at radius 2 is 1.90 bits per heavy atom. The third kappa shape index (κ3) is 3.72. The van der Waals surface area contributed by atoms with Crippen LogP contribution >= 0.6 is 11.3 Å². The first-order valence-corrected chi connectivity index (χ1v) is 7.08. The van der Waals surface area contributed by atoms with Crippen molar-refractivity contribution < 1.29 is 27.9 Å². The highest BCUT2D eigenvalue weighted by atomic mass is 32.1. The maximum absolute atomic E-state index is 12.7. The number of nitrogens with zero attached hydrogens (tertiary/aromatic N) is 1. The van der Waals surface area contributed by atoms with Gasteiger partial charge in [-0.15, -0.1) is 11.3 Å². The van der Waals surface area contributed by atoms with Gasteiger partial charge in [0.15, 0.2) is 5.69 Å². The summed E-state index contributed by atoms with van der Waals surface area (Å²) >= 11 is 0.323. The SMILES string of the molecule is CCC(CC)(CNC(=O)c1ncsc1C(F)(F)F)C(=O)O. The van der Waals surface area contributed by atoms with Gasteiger partial charge in [-0.25, -0.2) is 4.98 Å². The second-order valence-electron chi connectivity index (χ2n) is 4.50. The summed E-state index contributed by atoms with van der Waals surface area (Å²) in [5, 5.41) is 11.5. The summed E-state index contributed by atoms with van der Waals surface area (Å²) in [6, 6.07) is 0. The van der Waals surface area contributed by atoms with E-state index >= 15 is 0 Å². The van der Waals surface area contributed by atoms with Crippen molar-refractivity contribution >= 4 is 23.2 Å². The molecular weight excluding hydrogens is 309 g/mol. The van der Waals surface area contributed by atoms with Gasteiger partial charge in [0.25, 0.3) is 5.91 Å². The molecule has 9 heteroatoms. The molecule has 1 aromatic heterocycles. The molecule has 21 heavy (non-hydrogen) atoms. The Morgan fingerprint density at radius 1 is 1.33 bits per heavy atom. The number of halogens is 3. The summed E-state index contributed by atoms with van der Waals surface area (Å²) in [5.74, 6) is -2.11. The summed E-state index contributed by atoms with van der Waals surface area (Å²) < 4.78 is 38.0. The number of thiazole rings is 1. The zero-order chi connectivity index (χ0) is 16.3. The van der Waals surface area contributed by atoms with Crippen molar-refractivity contribution in [2.24, 2.45) is 5.41 Å². The van der Waals surface area contributed by atoms with Gasteiger partial charge in [0.2, 0.25) is 0 Å². The molecule has 0 aliphatic carbocycles. The summed E-state index contributed by atoms with van der Waals surface area (Å²) in [6.07, 6.45) is -4.15. The molecule has 0 unspecified atom stereocenters. The molecule has 1 aromatic rings. The van der Waals surface area contributed by atoms with Crippen LogP contribution in [0, 0.1) is 5.41 Å². The van der Waals surface area contributed by atoms with Gasteiger partial charge in [0, 0.05) is 6.54 Å². The van der Waals surface area contributed by atoms with Crippen LogP contribution < -0.4 is 5.32 Å². The number of rotatable bonds is 6. The van der Waals surface area contributed by atoms with E-state index in [2.05, 4.69) is 10.3 Å². The number of alkyl halides is 3. The fourth-order valence-corrected chi connectivity index (χ4v) is 2.47. The van der Waals surface area contributed by atoms with E-state index in [1.54, 1.807) is 13.8 Å². The lowest BCUT2D eigenvalue weighted by atomic mass is 9.82. The van der Waals surface area contributed by atoms with Crippen molar-refractivity contribution in [3.05, 3.63) is 16.1 Å². The van der Waals surface area contributed by atoms with Crippen molar-refractivity contribution in [2.75, 3.05) is 6.54 Å². The Kier molecular flexibility index (Phi) is 5.32. The van der Waals surface area contributed by atoms with Crippen LogP contribution in [-0.2, 0) is 11.0 Å². The standard InChI is InChI=1S/C12H15F3N2O3S/c1-3-11(4-2,10(19)20)5-16-9(18)7-8(12(13,14)15)21-6-17-7/h6H,3-5H2,1-2H3,(H,16,18)(H,19,20). The lowest BCUT2D eigenvalue weighted by Crippen LogP contribution is -2.42. The minimum absolute atomic E-state index is 0.247. The quantitative estimate of drug-likeness (QED) is 0.843. The van der Waals surface area contributed by atoms with Crippen LogP contribution in [0.2, 0.25) is 0 Å². The maximum atomic E-state index is 12.7. The Balaban J connectivity index is 2.88. The molecule has 0 aromatic carbocycles. The Bertz CT molecular complexity index is 524. The van der Waals surface area contributed by atoms with Crippen LogP contribution in [-0.4, -0.2) is 28.5 Å². The molecule has 0 aliphatic rings. The molecule has 0 radical (unpaired) electrons. The average Bonchev–Trinajstić information content (AvgIpc) is 2.89. The summed E-state index contributed by atoms with van der Waals surface area (Å²) in [4.78, 5) is 25.4. The van der Waals surface area contributed by atoms with E-state index in [1.807, 2.05) is 0 Å². The molecule has 1 heterocycles. The van der Waals surface area contributed by atoms with E-state index in [9.17, 15) is 27.9 Å². The lowest BCUT2D eigenvalue weighted by Gasteiger charge is -2.26. The summed E-state index contributed by atoms with van der Waals surface area (Å²) in [7, 11) is 0.